The molecule has 0 radical (unpaired) electrons. The Morgan fingerprint density at radius 2 is 1.45 bits per heavy atom. The highest BCUT2D eigenvalue weighted by Crippen LogP contribution is 2.36. The average molecular weight is 377 g/mol. The zero-order chi connectivity index (χ0) is 20.0. The monoisotopic (exact) mass is 377 g/mol. The first kappa shape index (κ1) is 17.3. The van der Waals surface area contributed by atoms with Gasteiger partial charge in [0.15, 0.2) is 5.78 Å². The minimum Gasteiger partial charge on any atom is -0.506 e. The number of benzene rings is 5. The molecule has 0 saturated carbocycles. The van der Waals surface area contributed by atoms with Crippen LogP contribution in [-0.4, -0.2) is 10.9 Å². The lowest BCUT2D eigenvalue weighted by Gasteiger charge is -2.13. The molecule has 0 saturated heterocycles. The van der Waals surface area contributed by atoms with Gasteiger partial charge in [-0.05, 0) is 57.4 Å². The second kappa shape index (κ2) is 6.64. The van der Waals surface area contributed by atoms with Gasteiger partial charge in [-0.2, -0.15) is 0 Å². The maximum absolute atomic E-state index is 13.1. The molecule has 0 aliphatic heterocycles. The summed E-state index contributed by atoms with van der Waals surface area (Å²) < 4.78 is 0. The van der Waals surface area contributed by atoms with Crippen molar-refractivity contribution in [2.75, 3.05) is 5.32 Å². The average Bonchev–Trinajstić information content (AvgIpc) is 2.73. The van der Waals surface area contributed by atoms with Crippen molar-refractivity contribution >= 4 is 43.8 Å². The molecule has 0 bridgehead atoms. The highest BCUT2D eigenvalue weighted by atomic mass is 16.3. The van der Waals surface area contributed by atoms with E-state index in [1.807, 2.05) is 31.2 Å². The predicted molar refractivity (Wildman–Crippen MR) is 120 cm³/mol. The topological polar surface area (TPSA) is 49.3 Å². The van der Waals surface area contributed by atoms with Gasteiger partial charge in [0.25, 0.3) is 0 Å². The van der Waals surface area contributed by atoms with Gasteiger partial charge in [0, 0.05) is 17.3 Å². The predicted octanol–water partition coefficient (Wildman–Crippen LogP) is 6.49. The third kappa shape index (κ3) is 2.88. The van der Waals surface area contributed by atoms with E-state index >= 15 is 0 Å². The molecule has 0 aromatic heterocycles. The number of phenols is 1. The number of hydrogen-bond acceptors (Lipinski definition) is 3. The number of anilines is 1. The van der Waals surface area contributed by atoms with Crippen LogP contribution in [0.1, 0.15) is 17.3 Å². The first-order chi connectivity index (χ1) is 14.1. The van der Waals surface area contributed by atoms with Crippen molar-refractivity contribution in [1.29, 1.82) is 0 Å². The molecule has 0 amide bonds. The van der Waals surface area contributed by atoms with E-state index in [9.17, 15) is 9.90 Å². The second-order valence-electron chi connectivity index (χ2n) is 7.30. The molecule has 2 N–H and O–H groups in total. The molecule has 3 heteroatoms. The summed E-state index contributed by atoms with van der Waals surface area (Å²) in [5.74, 6) is 0.0822. The Morgan fingerprint density at radius 1 is 0.793 bits per heavy atom. The van der Waals surface area contributed by atoms with Crippen LogP contribution in [-0.2, 0) is 0 Å². The smallest absolute Gasteiger partial charge is 0.188 e. The number of hydrogen-bond donors (Lipinski definition) is 2. The molecule has 0 unspecified atom stereocenters. The summed E-state index contributed by atoms with van der Waals surface area (Å²) in [6.45, 7) is 1.82. The highest BCUT2D eigenvalue weighted by Gasteiger charge is 2.14. The van der Waals surface area contributed by atoms with Crippen molar-refractivity contribution in [3.05, 3.63) is 96.2 Å². The van der Waals surface area contributed by atoms with Crippen molar-refractivity contribution in [2.24, 2.45) is 0 Å². The van der Waals surface area contributed by atoms with Gasteiger partial charge in [-0.15, -0.1) is 0 Å². The van der Waals surface area contributed by atoms with Crippen LogP contribution >= 0.6 is 0 Å². The molecule has 5 aromatic rings. The Labute approximate surface area is 168 Å². The molecule has 0 atom stereocenters. The van der Waals surface area contributed by atoms with E-state index in [0.717, 1.165) is 16.2 Å². The van der Waals surface area contributed by atoms with Gasteiger partial charge in [-0.25, -0.2) is 0 Å². The van der Waals surface area contributed by atoms with E-state index in [0.29, 0.717) is 16.9 Å². The molecule has 140 valence electrons. The molecular formula is C26H19NO2. The molecule has 0 spiro atoms. The van der Waals surface area contributed by atoms with E-state index in [4.69, 9.17) is 0 Å². The van der Waals surface area contributed by atoms with Crippen molar-refractivity contribution < 1.29 is 9.90 Å². The Hall–Kier alpha value is -3.85. The fourth-order valence-electron chi connectivity index (χ4n) is 4.05. The third-order valence-electron chi connectivity index (χ3n) is 5.38. The van der Waals surface area contributed by atoms with Gasteiger partial charge >= 0.3 is 0 Å². The first-order valence-electron chi connectivity index (χ1n) is 9.56. The van der Waals surface area contributed by atoms with E-state index < -0.39 is 0 Å². The van der Waals surface area contributed by atoms with E-state index in [2.05, 4.69) is 41.7 Å². The van der Waals surface area contributed by atoms with Gasteiger partial charge in [0.05, 0.1) is 5.69 Å². The number of para-hydroxylation sites is 2. The summed E-state index contributed by atoms with van der Waals surface area (Å²) in [7, 11) is 0. The van der Waals surface area contributed by atoms with Crippen LogP contribution in [0.25, 0.3) is 32.3 Å². The third-order valence-corrected chi connectivity index (χ3v) is 5.38. The summed E-state index contributed by atoms with van der Waals surface area (Å²) in [5, 5.41) is 19.8. The molecule has 0 heterocycles. The lowest BCUT2D eigenvalue weighted by Crippen LogP contribution is -2.02. The lowest BCUT2D eigenvalue weighted by molar-refractivity contribution is 0.104. The number of carbonyl (C=O) groups excluding carboxylic acids is 1. The van der Waals surface area contributed by atoms with Gasteiger partial charge < -0.3 is 10.4 Å². The summed E-state index contributed by atoms with van der Waals surface area (Å²) in [4.78, 5) is 13.1. The van der Waals surface area contributed by atoms with Crippen molar-refractivity contribution in [1.82, 2.24) is 0 Å². The van der Waals surface area contributed by atoms with Crippen LogP contribution in [0.5, 0.6) is 5.75 Å². The van der Waals surface area contributed by atoms with E-state index in [1.54, 1.807) is 24.3 Å². The molecular weight excluding hydrogens is 358 g/mol. The minimum absolute atomic E-state index is 0.0663. The minimum atomic E-state index is -0.0663. The van der Waals surface area contributed by atoms with E-state index in [1.165, 1.54) is 16.2 Å². The van der Waals surface area contributed by atoms with Gasteiger partial charge in [0.1, 0.15) is 5.75 Å². The SMILES string of the molecule is C/C(=C/C(=O)c1ccc2ccc3cccc4ccc1c2c34)Nc1ccccc1O. The molecule has 5 aromatic carbocycles. The summed E-state index contributed by atoms with van der Waals surface area (Å²) in [5.41, 5.74) is 1.92. The number of rotatable bonds is 4. The van der Waals surface area contributed by atoms with Crippen LogP contribution < -0.4 is 5.32 Å². The van der Waals surface area contributed by atoms with E-state index in [-0.39, 0.29) is 11.5 Å². The van der Waals surface area contributed by atoms with Crippen molar-refractivity contribution in [3.8, 4) is 5.75 Å². The van der Waals surface area contributed by atoms with Crippen molar-refractivity contribution in [2.45, 2.75) is 6.92 Å². The normalized spacial score (nSPS) is 12.1. The molecule has 3 nitrogen and oxygen atoms in total. The van der Waals surface area contributed by atoms with Crippen molar-refractivity contribution in [3.63, 3.8) is 0 Å². The summed E-state index contributed by atoms with van der Waals surface area (Å²) in [6, 6.07) is 25.5. The van der Waals surface area contributed by atoms with Crippen LogP contribution in [0.4, 0.5) is 5.69 Å². The van der Waals surface area contributed by atoms with Gasteiger partial charge in [0.2, 0.25) is 0 Å². The number of aromatic hydroxyl groups is 1. The molecule has 29 heavy (non-hydrogen) atoms. The van der Waals surface area contributed by atoms with Crippen LogP contribution in [0.2, 0.25) is 0 Å². The zero-order valence-corrected chi connectivity index (χ0v) is 15.9. The fraction of sp³-hybridized carbons (Fsp3) is 0.0385. The second-order valence-corrected chi connectivity index (χ2v) is 7.30. The Kier molecular flexibility index (Phi) is 3.95. The van der Waals surface area contributed by atoms with Crippen LogP contribution in [0.15, 0.2) is 90.6 Å². The Bertz CT molecular complexity index is 1400. The lowest BCUT2D eigenvalue weighted by atomic mass is 9.91. The standard InChI is InChI=1S/C26H19NO2/c1-16(27-22-7-2-3-8-23(22)28)15-24(29)20-13-11-19-10-9-17-5-4-6-18-12-14-21(20)26(19)25(17)18/h2-15,27-28H,1H3/b16-15-. The number of ketones is 1. The first-order valence-corrected chi connectivity index (χ1v) is 9.56. The number of nitrogens with one attached hydrogen (secondary N) is 1. The van der Waals surface area contributed by atoms with Crippen LogP contribution in [0, 0.1) is 0 Å². The summed E-state index contributed by atoms with van der Waals surface area (Å²) >= 11 is 0. The maximum Gasteiger partial charge on any atom is 0.188 e. The summed E-state index contributed by atoms with van der Waals surface area (Å²) in [6.07, 6.45) is 1.58. The Morgan fingerprint density at radius 3 is 2.21 bits per heavy atom. The maximum atomic E-state index is 13.1. The highest BCUT2D eigenvalue weighted by molar-refractivity contribution is 6.27. The Balaban J connectivity index is 1.61. The van der Waals surface area contributed by atoms with Gasteiger partial charge in [-0.1, -0.05) is 60.7 Å². The zero-order valence-electron chi connectivity index (χ0n) is 15.9. The number of carbonyl (C=O) groups is 1. The number of phenolic OH excluding ortho intramolecular Hbond substituents is 1. The molecule has 0 aliphatic carbocycles. The molecule has 5 rings (SSSR count). The van der Waals surface area contributed by atoms with Crippen LogP contribution in [0.3, 0.4) is 0 Å². The largest absolute Gasteiger partial charge is 0.506 e. The molecule has 0 fully saturated rings. The van der Waals surface area contributed by atoms with Gasteiger partial charge in [-0.3, -0.25) is 4.79 Å². The molecule has 0 aliphatic rings. The number of allylic oxidation sites excluding steroid dienone is 2. The quantitative estimate of drug-likeness (QED) is 0.163. The fourth-order valence-corrected chi connectivity index (χ4v) is 4.05.